The highest BCUT2D eigenvalue weighted by atomic mass is 16.5. The van der Waals surface area contributed by atoms with Gasteiger partial charge in [0.15, 0.2) is 0 Å². The van der Waals surface area contributed by atoms with Crippen molar-refractivity contribution in [2.75, 3.05) is 27.3 Å². The number of nitrogens with one attached hydrogen (secondary N) is 1. The average molecular weight is 207 g/mol. The van der Waals surface area contributed by atoms with Gasteiger partial charge < -0.3 is 10.1 Å². The molecule has 1 aromatic carbocycles. The first-order valence-corrected chi connectivity index (χ1v) is 5.45. The second-order valence-electron chi connectivity index (χ2n) is 4.07. The van der Waals surface area contributed by atoms with Crippen LogP contribution in [0.3, 0.4) is 0 Å². The van der Waals surface area contributed by atoms with E-state index in [1.807, 2.05) is 7.05 Å². The molecule has 1 aromatic rings. The second-order valence-corrected chi connectivity index (χ2v) is 4.07. The van der Waals surface area contributed by atoms with Gasteiger partial charge in [0.1, 0.15) is 0 Å². The highest BCUT2D eigenvalue weighted by Gasteiger charge is 2.08. The third kappa shape index (κ3) is 4.45. The molecule has 1 atom stereocenters. The van der Waals surface area contributed by atoms with E-state index in [1.165, 1.54) is 11.1 Å². The summed E-state index contributed by atoms with van der Waals surface area (Å²) in [5, 5.41) is 3.21. The minimum Gasteiger partial charge on any atom is -0.384 e. The van der Waals surface area contributed by atoms with E-state index in [-0.39, 0.29) is 0 Å². The van der Waals surface area contributed by atoms with Crippen LogP contribution in [0.2, 0.25) is 0 Å². The molecule has 0 bridgehead atoms. The molecule has 0 fully saturated rings. The number of methoxy groups -OCH3 is 1. The molecular weight excluding hydrogens is 186 g/mol. The van der Waals surface area contributed by atoms with Gasteiger partial charge in [-0.3, -0.25) is 0 Å². The molecule has 0 heterocycles. The standard InChI is InChI=1S/C13H21NO/c1-11-5-4-6-12(7-11)8-13(9-14-2)10-15-3/h4-7,13-14H,8-10H2,1-3H3. The zero-order chi connectivity index (χ0) is 11.1. The van der Waals surface area contributed by atoms with Crippen LogP contribution >= 0.6 is 0 Å². The number of benzene rings is 1. The molecule has 0 aliphatic carbocycles. The largest absolute Gasteiger partial charge is 0.384 e. The monoisotopic (exact) mass is 207 g/mol. The lowest BCUT2D eigenvalue weighted by Crippen LogP contribution is -2.24. The molecule has 0 radical (unpaired) electrons. The van der Waals surface area contributed by atoms with E-state index in [4.69, 9.17) is 4.74 Å². The van der Waals surface area contributed by atoms with Crippen LogP contribution in [0.4, 0.5) is 0 Å². The van der Waals surface area contributed by atoms with Gasteiger partial charge in [0, 0.05) is 13.7 Å². The second kappa shape index (κ2) is 6.59. The Bertz CT molecular complexity index is 280. The van der Waals surface area contributed by atoms with Crippen LogP contribution < -0.4 is 5.32 Å². The van der Waals surface area contributed by atoms with E-state index >= 15 is 0 Å². The summed E-state index contributed by atoms with van der Waals surface area (Å²) < 4.78 is 5.22. The molecule has 0 aromatic heterocycles. The summed E-state index contributed by atoms with van der Waals surface area (Å²) in [5.41, 5.74) is 2.72. The van der Waals surface area contributed by atoms with Gasteiger partial charge in [-0.15, -0.1) is 0 Å². The van der Waals surface area contributed by atoms with Gasteiger partial charge >= 0.3 is 0 Å². The molecule has 0 spiro atoms. The van der Waals surface area contributed by atoms with Crippen LogP contribution in [0.15, 0.2) is 24.3 Å². The summed E-state index contributed by atoms with van der Waals surface area (Å²) in [6.07, 6.45) is 1.08. The van der Waals surface area contributed by atoms with Gasteiger partial charge in [-0.2, -0.15) is 0 Å². The van der Waals surface area contributed by atoms with E-state index < -0.39 is 0 Å². The van der Waals surface area contributed by atoms with Gasteiger partial charge in [-0.1, -0.05) is 29.8 Å². The summed E-state index contributed by atoms with van der Waals surface area (Å²) in [6, 6.07) is 8.68. The highest BCUT2D eigenvalue weighted by molar-refractivity contribution is 5.22. The van der Waals surface area contributed by atoms with Crippen molar-refractivity contribution in [1.29, 1.82) is 0 Å². The first kappa shape index (κ1) is 12.2. The van der Waals surface area contributed by atoms with Gasteiger partial charge in [0.05, 0.1) is 6.61 Å². The zero-order valence-corrected chi connectivity index (χ0v) is 9.92. The SMILES string of the molecule is CNCC(COC)Cc1cccc(C)c1. The Labute approximate surface area is 92.6 Å². The summed E-state index contributed by atoms with van der Waals surface area (Å²) in [6.45, 7) is 3.95. The Morgan fingerprint density at radius 1 is 1.40 bits per heavy atom. The van der Waals surface area contributed by atoms with Crippen molar-refractivity contribution >= 4 is 0 Å². The Morgan fingerprint density at radius 2 is 2.20 bits per heavy atom. The fourth-order valence-corrected chi connectivity index (χ4v) is 1.89. The van der Waals surface area contributed by atoms with Crippen molar-refractivity contribution in [3.8, 4) is 0 Å². The van der Waals surface area contributed by atoms with Gasteiger partial charge in [0.25, 0.3) is 0 Å². The molecule has 0 saturated carbocycles. The number of aryl methyl sites for hydroxylation is 1. The lowest BCUT2D eigenvalue weighted by atomic mass is 9.99. The Hall–Kier alpha value is -0.860. The van der Waals surface area contributed by atoms with Crippen LogP contribution in [0.5, 0.6) is 0 Å². The van der Waals surface area contributed by atoms with E-state index in [0.29, 0.717) is 5.92 Å². The van der Waals surface area contributed by atoms with Crippen LogP contribution in [0.25, 0.3) is 0 Å². The van der Waals surface area contributed by atoms with Crippen LogP contribution in [0, 0.1) is 12.8 Å². The van der Waals surface area contributed by atoms with E-state index in [9.17, 15) is 0 Å². The fraction of sp³-hybridized carbons (Fsp3) is 0.538. The summed E-state index contributed by atoms with van der Waals surface area (Å²) in [5.74, 6) is 0.557. The lowest BCUT2D eigenvalue weighted by molar-refractivity contribution is 0.152. The molecule has 0 saturated heterocycles. The van der Waals surface area contributed by atoms with Crippen LogP contribution in [-0.2, 0) is 11.2 Å². The summed E-state index contributed by atoms with van der Waals surface area (Å²) >= 11 is 0. The Morgan fingerprint density at radius 3 is 2.80 bits per heavy atom. The predicted octanol–water partition coefficient (Wildman–Crippen LogP) is 2.02. The quantitative estimate of drug-likeness (QED) is 0.770. The molecule has 1 N–H and O–H groups in total. The molecule has 1 rings (SSSR count). The van der Waals surface area contributed by atoms with Crippen LogP contribution in [0.1, 0.15) is 11.1 Å². The minimum atomic E-state index is 0.557. The first-order valence-electron chi connectivity index (χ1n) is 5.45. The highest BCUT2D eigenvalue weighted by Crippen LogP contribution is 2.10. The van der Waals surface area contributed by atoms with Gasteiger partial charge in [0.2, 0.25) is 0 Å². The minimum absolute atomic E-state index is 0.557. The Kier molecular flexibility index (Phi) is 5.37. The van der Waals surface area contributed by atoms with Crippen molar-refractivity contribution in [1.82, 2.24) is 5.32 Å². The third-order valence-electron chi connectivity index (χ3n) is 2.50. The van der Waals surface area contributed by atoms with Crippen molar-refractivity contribution in [3.05, 3.63) is 35.4 Å². The molecule has 1 unspecified atom stereocenters. The van der Waals surface area contributed by atoms with E-state index in [1.54, 1.807) is 7.11 Å². The number of hydrogen-bond donors (Lipinski definition) is 1. The maximum atomic E-state index is 5.22. The number of ether oxygens (including phenoxy) is 1. The van der Waals surface area contributed by atoms with Gasteiger partial charge in [-0.25, -0.2) is 0 Å². The first-order chi connectivity index (χ1) is 7.26. The smallest absolute Gasteiger partial charge is 0.0505 e. The van der Waals surface area contributed by atoms with Gasteiger partial charge in [-0.05, 0) is 31.9 Å². The molecule has 0 aliphatic rings. The van der Waals surface area contributed by atoms with Crippen molar-refractivity contribution < 1.29 is 4.74 Å². The predicted molar refractivity (Wildman–Crippen MR) is 64.2 cm³/mol. The van der Waals surface area contributed by atoms with E-state index in [0.717, 1.165) is 19.6 Å². The number of rotatable bonds is 6. The fourth-order valence-electron chi connectivity index (χ4n) is 1.89. The zero-order valence-electron chi connectivity index (χ0n) is 9.92. The van der Waals surface area contributed by atoms with Crippen LogP contribution in [-0.4, -0.2) is 27.3 Å². The molecule has 0 aliphatic heterocycles. The molecule has 2 nitrogen and oxygen atoms in total. The molecule has 84 valence electrons. The number of hydrogen-bond acceptors (Lipinski definition) is 2. The van der Waals surface area contributed by atoms with Crippen molar-refractivity contribution in [3.63, 3.8) is 0 Å². The molecular formula is C13H21NO. The van der Waals surface area contributed by atoms with E-state index in [2.05, 4.69) is 36.5 Å². The average Bonchev–Trinajstić information content (AvgIpc) is 2.18. The van der Waals surface area contributed by atoms with Crippen molar-refractivity contribution in [2.45, 2.75) is 13.3 Å². The summed E-state index contributed by atoms with van der Waals surface area (Å²) in [4.78, 5) is 0. The van der Waals surface area contributed by atoms with Crippen molar-refractivity contribution in [2.24, 2.45) is 5.92 Å². The lowest BCUT2D eigenvalue weighted by Gasteiger charge is -2.15. The molecule has 0 amide bonds. The molecule has 2 heteroatoms. The Balaban J connectivity index is 2.56. The third-order valence-corrected chi connectivity index (χ3v) is 2.50. The molecule has 15 heavy (non-hydrogen) atoms. The maximum absolute atomic E-state index is 5.22. The topological polar surface area (TPSA) is 21.3 Å². The maximum Gasteiger partial charge on any atom is 0.0505 e. The summed E-state index contributed by atoms with van der Waals surface area (Å²) in [7, 11) is 3.75. The normalized spacial score (nSPS) is 12.7.